The Morgan fingerprint density at radius 3 is 2.62 bits per heavy atom. The number of hydrogen-bond donors (Lipinski definition) is 1. The van der Waals surface area contributed by atoms with Crippen molar-refractivity contribution < 1.29 is 4.79 Å². The third-order valence-corrected chi connectivity index (χ3v) is 5.89. The maximum Gasteiger partial charge on any atom is 0.268 e. The number of rotatable bonds is 4. The molecule has 6 nitrogen and oxygen atoms in total. The predicted octanol–water partition coefficient (Wildman–Crippen LogP) is 2.99. The summed E-state index contributed by atoms with van der Waals surface area (Å²) in [6.45, 7) is 2.10. The van der Waals surface area contributed by atoms with Gasteiger partial charge in [-0.25, -0.2) is 0 Å². The average molecular weight is 345 g/mol. The molecule has 1 saturated heterocycles. The quantitative estimate of drug-likeness (QED) is 0.925. The first kappa shape index (κ1) is 15.6. The molecule has 1 amide bonds. The van der Waals surface area contributed by atoms with E-state index in [-0.39, 0.29) is 5.91 Å². The van der Waals surface area contributed by atoms with Gasteiger partial charge in [-0.2, -0.15) is 0 Å². The van der Waals surface area contributed by atoms with Crippen LogP contribution >= 0.6 is 11.3 Å². The van der Waals surface area contributed by atoms with Gasteiger partial charge in [0.2, 0.25) is 10.3 Å². The molecule has 1 N–H and O–H groups in total. The SMILES string of the molecule is O=C(NC1CCCCC1)c1cccn1-c1nnc(N2CCCC2)s1. The topological polar surface area (TPSA) is 63.1 Å². The fraction of sp³-hybridized carbons (Fsp3) is 0.588. The van der Waals surface area contributed by atoms with Gasteiger partial charge in [-0.3, -0.25) is 9.36 Å². The van der Waals surface area contributed by atoms with E-state index in [0.717, 1.165) is 36.2 Å². The fourth-order valence-corrected chi connectivity index (χ4v) is 4.48. The molecule has 7 heteroatoms. The van der Waals surface area contributed by atoms with Crippen molar-refractivity contribution in [3.63, 3.8) is 0 Å². The van der Waals surface area contributed by atoms with Crippen LogP contribution in [0.25, 0.3) is 5.13 Å². The van der Waals surface area contributed by atoms with Gasteiger partial charge in [0.25, 0.3) is 5.91 Å². The highest BCUT2D eigenvalue weighted by Crippen LogP contribution is 2.27. The lowest BCUT2D eigenvalue weighted by Gasteiger charge is -2.22. The monoisotopic (exact) mass is 345 g/mol. The number of nitrogens with zero attached hydrogens (tertiary/aromatic N) is 4. The lowest BCUT2D eigenvalue weighted by atomic mass is 9.95. The van der Waals surface area contributed by atoms with Gasteiger partial charge in [-0.05, 0) is 37.8 Å². The highest BCUT2D eigenvalue weighted by atomic mass is 32.1. The second-order valence-corrected chi connectivity index (χ2v) is 7.57. The van der Waals surface area contributed by atoms with Crippen molar-refractivity contribution in [3.05, 3.63) is 24.0 Å². The summed E-state index contributed by atoms with van der Waals surface area (Å²) in [6, 6.07) is 4.06. The molecule has 1 aliphatic heterocycles. The van der Waals surface area contributed by atoms with Crippen LogP contribution in [0.5, 0.6) is 0 Å². The van der Waals surface area contributed by atoms with Crippen molar-refractivity contribution in [1.82, 2.24) is 20.1 Å². The number of anilines is 1. The van der Waals surface area contributed by atoms with E-state index in [1.807, 2.05) is 22.9 Å². The first-order valence-electron chi connectivity index (χ1n) is 8.88. The lowest BCUT2D eigenvalue weighted by Crippen LogP contribution is -2.37. The third-order valence-electron chi connectivity index (χ3n) is 4.91. The molecule has 2 fully saturated rings. The van der Waals surface area contributed by atoms with Crippen molar-refractivity contribution in [2.75, 3.05) is 18.0 Å². The van der Waals surface area contributed by atoms with Crippen LogP contribution in [0.2, 0.25) is 0 Å². The molecule has 2 aromatic rings. The highest BCUT2D eigenvalue weighted by Gasteiger charge is 2.21. The summed E-state index contributed by atoms with van der Waals surface area (Å²) in [5.41, 5.74) is 0.643. The molecule has 0 atom stereocenters. The average Bonchev–Trinajstić information content (AvgIpc) is 3.34. The zero-order valence-corrected chi connectivity index (χ0v) is 14.6. The number of amides is 1. The second-order valence-electron chi connectivity index (χ2n) is 6.63. The predicted molar refractivity (Wildman–Crippen MR) is 95.0 cm³/mol. The van der Waals surface area contributed by atoms with Crippen molar-refractivity contribution in [2.45, 2.75) is 51.0 Å². The van der Waals surface area contributed by atoms with E-state index >= 15 is 0 Å². The van der Waals surface area contributed by atoms with Crippen LogP contribution in [-0.4, -0.2) is 39.8 Å². The van der Waals surface area contributed by atoms with Gasteiger partial charge >= 0.3 is 0 Å². The number of hydrogen-bond acceptors (Lipinski definition) is 5. The van der Waals surface area contributed by atoms with Crippen LogP contribution < -0.4 is 10.2 Å². The number of aromatic nitrogens is 3. The maximum absolute atomic E-state index is 12.6. The van der Waals surface area contributed by atoms with Crippen molar-refractivity contribution in [3.8, 4) is 5.13 Å². The van der Waals surface area contributed by atoms with Gasteiger partial charge in [0, 0.05) is 25.3 Å². The largest absolute Gasteiger partial charge is 0.348 e. The zero-order chi connectivity index (χ0) is 16.4. The number of nitrogens with one attached hydrogen (secondary N) is 1. The Morgan fingerprint density at radius 2 is 1.83 bits per heavy atom. The van der Waals surface area contributed by atoms with Crippen LogP contribution in [-0.2, 0) is 0 Å². The highest BCUT2D eigenvalue weighted by molar-refractivity contribution is 7.17. The summed E-state index contributed by atoms with van der Waals surface area (Å²) in [5, 5.41) is 13.5. The standard InChI is InChI=1S/C17H23N5OS/c23-15(18-13-7-2-1-3-8-13)14-9-6-12-22(14)17-20-19-16(24-17)21-10-4-5-11-21/h6,9,12-13H,1-5,7-8,10-11H2,(H,18,23). The summed E-state index contributed by atoms with van der Waals surface area (Å²) >= 11 is 1.55. The summed E-state index contributed by atoms with van der Waals surface area (Å²) in [5.74, 6) is -0.00942. The van der Waals surface area contributed by atoms with E-state index in [9.17, 15) is 4.79 Å². The second kappa shape index (κ2) is 6.93. The van der Waals surface area contributed by atoms with Crippen LogP contribution in [0.4, 0.5) is 5.13 Å². The van der Waals surface area contributed by atoms with Gasteiger partial charge in [-0.1, -0.05) is 30.6 Å². The van der Waals surface area contributed by atoms with E-state index in [2.05, 4.69) is 20.4 Å². The zero-order valence-electron chi connectivity index (χ0n) is 13.8. The van der Waals surface area contributed by atoms with Crippen LogP contribution in [0, 0.1) is 0 Å². The molecule has 0 unspecified atom stereocenters. The van der Waals surface area contributed by atoms with E-state index in [1.54, 1.807) is 11.3 Å². The molecule has 0 bridgehead atoms. The molecule has 0 spiro atoms. The van der Waals surface area contributed by atoms with Gasteiger partial charge in [0.1, 0.15) is 5.69 Å². The third kappa shape index (κ3) is 3.17. The Balaban J connectivity index is 1.50. The summed E-state index contributed by atoms with van der Waals surface area (Å²) in [7, 11) is 0. The molecule has 2 aromatic heterocycles. The smallest absolute Gasteiger partial charge is 0.268 e. The molecule has 128 valence electrons. The summed E-state index contributed by atoms with van der Waals surface area (Å²) < 4.78 is 1.86. The van der Waals surface area contributed by atoms with E-state index in [4.69, 9.17) is 0 Å². The van der Waals surface area contributed by atoms with Gasteiger partial charge < -0.3 is 10.2 Å². The van der Waals surface area contributed by atoms with Crippen molar-refractivity contribution in [2.24, 2.45) is 0 Å². The Morgan fingerprint density at radius 1 is 1.08 bits per heavy atom. The summed E-state index contributed by atoms with van der Waals surface area (Å²) in [6.07, 6.45) is 10.2. The van der Waals surface area contributed by atoms with Gasteiger partial charge in [0.15, 0.2) is 0 Å². The van der Waals surface area contributed by atoms with Gasteiger partial charge in [-0.15, -0.1) is 10.2 Å². The molecule has 0 radical (unpaired) electrons. The summed E-state index contributed by atoms with van der Waals surface area (Å²) in [4.78, 5) is 14.9. The Hall–Kier alpha value is -1.89. The van der Waals surface area contributed by atoms with E-state index in [0.29, 0.717) is 11.7 Å². The minimum Gasteiger partial charge on any atom is -0.348 e. The molecule has 0 aromatic carbocycles. The van der Waals surface area contributed by atoms with E-state index < -0.39 is 0 Å². The lowest BCUT2D eigenvalue weighted by molar-refractivity contribution is 0.0921. The minimum atomic E-state index is -0.00942. The first-order valence-corrected chi connectivity index (χ1v) is 9.70. The molecule has 24 heavy (non-hydrogen) atoms. The molecular weight excluding hydrogens is 322 g/mol. The molecule has 2 aliphatic rings. The van der Waals surface area contributed by atoms with Crippen LogP contribution in [0.15, 0.2) is 18.3 Å². The molecule has 4 rings (SSSR count). The van der Waals surface area contributed by atoms with E-state index in [1.165, 1.54) is 32.1 Å². The molecule has 3 heterocycles. The first-order chi connectivity index (χ1) is 11.8. The Labute approximate surface area is 145 Å². The van der Waals surface area contributed by atoms with Crippen molar-refractivity contribution >= 4 is 22.4 Å². The maximum atomic E-state index is 12.6. The molecular formula is C17H23N5OS. The van der Waals surface area contributed by atoms with Gasteiger partial charge in [0.05, 0.1) is 0 Å². The number of carbonyl (C=O) groups excluding carboxylic acids is 1. The molecule has 1 saturated carbocycles. The van der Waals surface area contributed by atoms with Crippen LogP contribution in [0.3, 0.4) is 0 Å². The minimum absolute atomic E-state index is 0.00942. The fourth-order valence-electron chi connectivity index (χ4n) is 3.58. The van der Waals surface area contributed by atoms with Crippen LogP contribution in [0.1, 0.15) is 55.4 Å². The normalized spacial score (nSPS) is 18.9. The van der Waals surface area contributed by atoms with Crippen molar-refractivity contribution in [1.29, 1.82) is 0 Å². The Kier molecular flexibility index (Phi) is 4.51. The molecule has 1 aliphatic carbocycles. The number of carbonyl (C=O) groups is 1. The Bertz CT molecular complexity index is 697.